The van der Waals surface area contributed by atoms with Crippen molar-refractivity contribution in [1.82, 2.24) is 0 Å². The largest absolute Gasteiger partial charge is 0.497 e. The topological polar surface area (TPSA) is 67.8 Å². The highest BCUT2D eigenvalue weighted by Gasteiger charge is 2.16. The van der Waals surface area contributed by atoms with E-state index in [2.05, 4.69) is 5.32 Å². The first-order valence-corrected chi connectivity index (χ1v) is 8.80. The number of ether oxygens (including phenoxy) is 2. The number of hydrogen-bond donors (Lipinski definition) is 2. The number of nitrogens with one attached hydrogen (secondary N) is 1. The molecule has 140 valence electrons. The maximum Gasteiger partial charge on any atom is 0.224 e. The number of benzene rings is 3. The first-order valence-electron chi connectivity index (χ1n) is 8.80. The van der Waals surface area contributed by atoms with E-state index in [4.69, 9.17) is 9.47 Å². The van der Waals surface area contributed by atoms with E-state index in [1.54, 1.807) is 25.3 Å². The number of hydrogen-bond acceptors (Lipinski definition) is 4. The van der Waals surface area contributed by atoms with Gasteiger partial charge in [-0.25, -0.2) is 0 Å². The predicted molar refractivity (Wildman–Crippen MR) is 106 cm³/mol. The van der Waals surface area contributed by atoms with Crippen molar-refractivity contribution in [2.45, 2.75) is 18.9 Å². The summed E-state index contributed by atoms with van der Waals surface area (Å²) in [6.07, 6.45) is -0.317. The van der Waals surface area contributed by atoms with Gasteiger partial charge in [0.2, 0.25) is 5.91 Å². The zero-order chi connectivity index (χ0) is 19.2. The molecule has 27 heavy (non-hydrogen) atoms. The van der Waals surface area contributed by atoms with Crippen LogP contribution in [0.25, 0.3) is 10.8 Å². The first kappa shape index (κ1) is 18.7. The van der Waals surface area contributed by atoms with Crippen LogP contribution >= 0.6 is 0 Å². The molecule has 0 saturated carbocycles. The van der Waals surface area contributed by atoms with Gasteiger partial charge in [0.05, 0.1) is 20.3 Å². The summed E-state index contributed by atoms with van der Waals surface area (Å²) in [7, 11) is 3.11. The van der Waals surface area contributed by atoms with Gasteiger partial charge in [0.25, 0.3) is 0 Å². The van der Waals surface area contributed by atoms with Crippen molar-refractivity contribution in [2.24, 2.45) is 0 Å². The smallest absolute Gasteiger partial charge is 0.224 e. The number of rotatable bonds is 7. The number of methoxy groups -OCH3 is 2. The van der Waals surface area contributed by atoms with E-state index < -0.39 is 6.10 Å². The quantitative estimate of drug-likeness (QED) is 0.655. The van der Waals surface area contributed by atoms with Gasteiger partial charge in [0, 0.05) is 29.1 Å². The zero-order valence-corrected chi connectivity index (χ0v) is 15.4. The second-order valence-electron chi connectivity index (χ2n) is 6.24. The highest BCUT2D eigenvalue weighted by molar-refractivity contribution is 6.02. The molecule has 0 aromatic heterocycles. The molecule has 0 aliphatic carbocycles. The number of fused-ring (bicyclic) bond motifs is 1. The van der Waals surface area contributed by atoms with Gasteiger partial charge in [-0.2, -0.15) is 0 Å². The highest BCUT2D eigenvalue weighted by Crippen LogP contribution is 2.31. The van der Waals surface area contributed by atoms with E-state index in [9.17, 15) is 9.90 Å². The minimum atomic E-state index is -0.802. The van der Waals surface area contributed by atoms with Gasteiger partial charge in [-0.05, 0) is 30.0 Å². The maximum absolute atomic E-state index is 12.4. The van der Waals surface area contributed by atoms with Crippen LogP contribution < -0.4 is 14.8 Å². The average molecular weight is 365 g/mol. The summed E-state index contributed by atoms with van der Waals surface area (Å²) < 4.78 is 10.5. The van der Waals surface area contributed by atoms with Crippen molar-refractivity contribution in [2.75, 3.05) is 19.5 Å². The molecule has 0 aliphatic heterocycles. The third kappa shape index (κ3) is 4.38. The molecule has 3 aromatic rings. The Hall–Kier alpha value is -3.05. The standard InChI is InChI=1S/C22H23NO4/c1-26-16-10-11-18(21(14-16)27-2)20(24)12-13-22(25)23-19-9-5-7-15-6-3-4-8-17(15)19/h3-11,14,20,24H,12-13H2,1-2H3,(H,23,25). The van der Waals surface area contributed by atoms with Crippen LogP contribution in [-0.4, -0.2) is 25.2 Å². The molecule has 3 rings (SSSR count). The third-order valence-corrected chi connectivity index (χ3v) is 4.51. The van der Waals surface area contributed by atoms with Crippen molar-refractivity contribution < 1.29 is 19.4 Å². The van der Waals surface area contributed by atoms with E-state index in [1.807, 2.05) is 42.5 Å². The third-order valence-electron chi connectivity index (χ3n) is 4.51. The number of aliphatic hydroxyl groups excluding tert-OH is 1. The summed E-state index contributed by atoms with van der Waals surface area (Å²) in [5, 5.41) is 15.5. The molecule has 1 atom stereocenters. The Morgan fingerprint density at radius 3 is 2.59 bits per heavy atom. The van der Waals surface area contributed by atoms with Crippen LogP contribution in [0.2, 0.25) is 0 Å². The molecule has 2 N–H and O–H groups in total. The summed E-state index contributed by atoms with van der Waals surface area (Å²) in [4.78, 5) is 12.4. The minimum absolute atomic E-state index is 0.141. The number of amides is 1. The lowest BCUT2D eigenvalue weighted by Gasteiger charge is -2.16. The molecule has 1 unspecified atom stereocenters. The van der Waals surface area contributed by atoms with Gasteiger partial charge >= 0.3 is 0 Å². The molecule has 5 nitrogen and oxygen atoms in total. The molecule has 3 aromatic carbocycles. The molecule has 0 spiro atoms. The lowest BCUT2D eigenvalue weighted by atomic mass is 10.0. The van der Waals surface area contributed by atoms with Crippen molar-refractivity contribution in [3.05, 3.63) is 66.2 Å². The molecular weight excluding hydrogens is 342 g/mol. The van der Waals surface area contributed by atoms with E-state index in [-0.39, 0.29) is 12.3 Å². The summed E-state index contributed by atoms with van der Waals surface area (Å²) in [5.74, 6) is 1.05. The second kappa shape index (κ2) is 8.56. The van der Waals surface area contributed by atoms with Crippen molar-refractivity contribution in [3.63, 3.8) is 0 Å². The van der Waals surface area contributed by atoms with Crippen LogP contribution in [0.3, 0.4) is 0 Å². The molecule has 0 heterocycles. The Labute approximate surface area is 158 Å². The summed E-state index contributed by atoms with van der Waals surface area (Å²) >= 11 is 0. The molecule has 5 heteroatoms. The summed E-state index contributed by atoms with van der Waals surface area (Å²) in [5.41, 5.74) is 1.41. The van der Waals surface area contributed by atoms with Crippen LogP contribution in [0.4, 0.5) is 5.69 Å². The van der Waals surface area contributed by atoms with Crippen molar-refractivity contribution in [1.29, 1.82) is 0 Å². The van der Waals surface area contributed by atoms with Crippen LogP contribution in [0.15, 0.2) is 60.7 Å². The first-order chi connectivity index (χ1) is 13.1. The average Bonchev–Trinajstić information content (AvgIpc) is 2.71. The van der Waals surface area contributed by atoms with E-state index >= 15 is 0 Å². The Morgan fingerprint density at radius 2 is 1.81 bits per heavy atom. The zero-order valence-electron chi connectivity index (χ0n) is 15.4. The Morgan fingerprint density at radius 1 is 1.04 bits per heavy atom. The van der Waals surface area contributed by atoms with Crippen molar-refractivity contribution in [3.8, 4) is 11.5 Å². The molecule has 0 saturated heterocycles. The maximum atomic E-state index is 12.4. The van der Waals surface area contributed by atoms with Crippen LogP contribution in [0.5, 0.6) is 11.5 Å². The Bertz CT molecular complexity index is 933. The van der Waals surface area contributed by atoms with Crippen molar-refractivity contribution >= 4 is 22.4 Å². The van der Waals surface area contributed by atoms with Crippen LogP contribution in [-0.2, 0) is 4.79 Å². The number of anilines is 1. The minimum Gasteiger partial charge on any atom is -0.497 e. The predicted octanol–water partition coefficient (Wildman–Crippen LogP) is 4.31. The lowest BCUT2D eigenvalue weighted by molar-refractivity contribution is -0.116. The number of aliphatic hydroxyl groups is 1. The Balaban J connectivity index is 1.65. The Kier molecular flexibility index (Phi) is 5.94. The van der Waals surface area contributed by atoms with Crippen LogP contribution in [0.1, 0.15) is 24.5 Å². The summed E-state index contributed by atoms with van der Waals surface area (Å²) in [6.45, 7) is 0. The molecule has 0 aliphatic rings. The fraction of sp³-hybridized carbons (Fsp3) is 0.227. The summed E-state index contributed by atoms with van der Waals surface area (Å²) in [6, 6.07) is 18.9. The fourth-order valence-electron chi connectivity index (χ4n) is 3.06. The molecule has 1 amide bonds. The van der Waals surface area contributed by atoms with E-state index in [0.29, 0.717) is 23.5 Å². The van der Waals surface area contributed by atoms with E-state index in [1.165, 1.54) is 7.11 Å². The van der Waals surface area contributed by atoms with Gasteiger partial charge in [0.1, 0.15) is 11.5 Å². The van der Waals surface area contributed by atoms with Gasteiger partial charge in [0.15, 0.2) is 0 Å². The fourth-order valence-corrected chi connectivity index (χ4v) is 3.06. The lowest BCUT2D eigenvalue weighted by Crippen LogP contribution is -2.13. The highest BCUT2D eigenvalue weighted by atomic mass is 16.5. The van der Waals surface area contributed by atoms with Gasteiger partial charge in [-0.15, -0.1) is 0 Å². The normalized spacial score (nSPS) is 11.8. The molecule has 0 bridgehead atoms. The monoisotopic (exact) mass is 365 g/mol. The second-order valence-corrected chi connectivity index (χ2v) is 6.24. The van der Waals surface area contributed by atoms with Gasteiger partial charge in [-0.3, -0.25) is 4.79 Å². The molecule has 0 radical (unpaired) electrons. The molecule has 0 fully saturated rings. The van der Waals surface area contributed by atoms with E-state index in [0.717, 1.165) is 16.5 Å². The van der Waals surface area contributed by atoms with Crippen LogP contribution in [0, 0.1) is 0 Å². The number of carbonyl (C=O) groups is 1. The van der Waals surface area contributed by atoms with Gasteiger partial charge < -0.3 is 19.9 Å². The van der Waals surface area contributed by atoms with Gasteiger partial charge in [-0.1, -0.05) is 36.4 Å². The molecular formula is C22H23NO4. The number of carbonyl (C=O) groups excluding carboxylic acids is 1. The SMILES string of the molecule is COc1ccc(C(O)CCC(=O)Nc2cccc3ccccc23)c(OC)c1.